The summed E-state index contributed by atoms with van der Waals surface area (Å²) in [6.07, 6.45) is 4.62. The van der Waals surface area contributed by atoms with Gasteiger partial charge < -0.3 is 0 Å². The molecule has 0 fully saturated rings. The first-order valence-electron chi connectivity index (χ1n) is 6.22. The summed E-state index contributed by atoms with van der Waals surface area (Å²) in [6, 6.07) is 10.3. The molecule has 2 aromatic rings. The zero-order valence-corrected chi connectivity index (χ0v) is 12.3. The van der Waals surface area contributed by atoms with Crippen LogP contribution in [0.25, 0.3) is 0 Å². The van der Waals surface area contributed by atoms with E-state index in [2.05, 4.69) is 12.1 Å². The van der Waals surface area contributed by atoms with Crippen molar-refractivity contribution in [2.75, 3.05) is 0 Å². The average Bonchev–Trinajstić information content (AvgIpc) is 2.88. The van der Waals surface area contributed by atoms with E-state index in [1.807, 2.05) is 29.5 Å². The first-order valence-corrected chi connectivity index (χ1v) is 7.85. The van der Waals surface area contributed by atoms with E-state index in [0.29, 0.717) is 0 Å². The van der Waals surface area contributed by atoms with Crippen LogP contribution < -0.4 is 0 Å². The van der Waals surface area contributed by atoms with Crippen LogP contribution in [0.2, 0.25) is 5.02 Å². The van der Waals surface area contributed by atoms with Crippen LogP contribution in [0.1, 0.15) is 32.7 Å². The normalized spacial score (nSPS) is 15.7. The largest absolute Gasteiger partial charge is 0.144 e. The SMILES string of the molecule is Clc1cccc(CC(Cl)c2cc3c(s2)CCC3)c1. The summed E-state index contributed by atoms with van der Waals surface area (Å²) in [6.45, 7) is 0. The Kier molecular flexibility index (Phi) is 3.65. The third kappa shape index (κ3) is 2.59. The van der Waals surface area contributed by atoms with Gasteiger partial charge in [-0.05, 0) is 55.0 Å². The van der Waals surface area contributed by atoms with Gasteiger partial charge in [-0.25, -0.2) is 0 Å². The van der Waals surface area contributed by atoms with E-state index >= 15 is 0 Å². The maximum absolute atomic E-state index is 6.53. The van der Waals surface area contributed by atoms with Crippen molar-refractivity contribution < 1.29 is 0 Å². The topological polar surface area (TPSA) is 0 Å². The van der Waals surface area contributed by atoms with Gasteiger partial charge in [-0.1, -0.05) is 23.7 Å². The van der Waals surface area contributed by atoms with Crippen molar-refractivity contribution in [2.24, 2.45) is 0 Å². The molecule has 1 aliphatic rings. The summed E-state index contributed by atoms with van der Waals surface area (Å²) in [5.41, 5.74) is 2.72. The Labute approximate surface area is 122 Å². The molecule has 0 N–H and O–H groups in total. The smallest absolute Gasteiger partial charge is 0.0719 e. The Bertz CT molecular complexity index is 538. The summed E-state index contributed by atoms with van der Waals surface area (Å²) in [7, 11) is 0. The van der Waals surface area contributed by atoms with Gasteiger partial charge in [0.25, 0.3) is 0 Å². The summed E-state index contributed by atoms with van der Waals surface area (Å²) in [4.78, 5) is 2.85. The number of alkyl halides is 1. The van der Waals surface area contributed by atoms with Crippen molar-refractivity contribution in [1.29, 1.82) is 0 Å². The highest BCUT2D eigenvalue weighted by molar-refractivity contribution is 7.12. The zero-order valence-electron chi connectivity index (χ0n) is 9.96. The Morgan fingerprint density at radius 3 is 2.89 bits per heavy atom. The molecule has 0 bridgehead atoms. The molecule has 0 saturated carbocycles. The predicted octanol–water partition coefficient (Wildman–Crippen LogP) is 5.41. The number of halogens is 2. The molecule has 1 atom stereocenters. The van der Waals surface area contributed by atoms with E-state index in [1.54, 1.807) is 4.88 Å². The molecule has 0 nitrogen and oxygen atoms in total. The molecule has 0 aliphatic heterocycles. The van der Waals surface area contributed by atoms with Gasteiger partial charge in [-0.3, -0.25) is 0 Å². The second-order valence-electron chi connectivity index (χ2n) is 4.75. The van der Waals surface area contributed by atoms with E-state index in [0.717, 1.165) is 11.4 Å². The maximum Gasteiger partial charge on any atom is 0.0719 e. The minimum Gasteiger partial charge on any atom is -0.144 e. The molecule has 18 heavy (non-hydrogen) atoms. The van der Waals surface area contributed by atoms with Crippen molar-refractivity contribution in [3.63, 3.8) is 0 Å². The van der Waals surface area contributed by atoms with Crippen LogP contribution in [-0.4, -0.2) is 0 Å². The molecule has 1 aromatic heterocycles. The second kappa shape index (κ2) is 5.24. The van der Waals surface area contributed by atoms with Crippen LogP contribution in [0.3, 0.4) is 0 Å². The van der Waals surface area contributed by atoms with Crippen molar-refractivity contribution in [3.8, 4) is 0 Å². The molecule has 0 spiro atoms. The van der Waals surface area contributed by atoms with Crippen molar-refractivity contribution >= 4 is 34.5 Å². The Morgan fingerprint density at radius 2 is 2.11 bits per heavy atom. The van der Waals surface area contributed by atoms with Gasteiger partial charge in [-0.15, -0.1) is 22.9 Å². The fourth-order valence-electron chi connectivity index (χ4n) is 2.48. The first kappa shape index (κ1) is 12.5. The third-order valence-electron chi connectivity index (χ3n) is 3.38. The first-order chi connectivity index (χ1) is 8.72. The van der Waals surface area contributed by atoms with Crippen LogP contribution in [0.4, 0.5) is 0 Å². The van der Waals surface area contributed by atoms with E-state index in [4.69, 9.17) is 23.2 Å². The lowest BCUT2D eigenvalue weighted by molar-refractivity contribution is 0.905. The van der Waals surface area contributed by atoms with Crippen LogP contribution in [0.15, 0.2) is 30.3 Å². The minimum atomic E-state index is 0.0686. The molecule has 0 saturated heterocycles. The highest BCUT2D eigenvalue weighted by atomic mass is 35.5. The Morgan fingerprint density at radius 1 is 1.22 bits per heavy atom. The fourth-order valence-corrected chi connectivity index (χ4v) is 4.30. The molecule has 0 amide bonds. The standard InChI is InChI=1S/C15H14Cl2S/c16-12-5-1-3-10(7-12)8-13(17)15-9-11-4-2-6-14(11)18-15/h1,3,5,7,9,13H,2,4,6,8H2. The molecule has 1 aliphatic carbocycles. The van der Waals surface area contributed by atoms with Gasteiger partial charge >= 0.3 is 0 Å². The highest BCUT2D eigenvalue weighted by Crippen LogP contribution is 2.37. The molecule has 3 rings (SSSR count). The molecular formula is C15H14Cl2S. The number of rotatable bonds is 3. The highest BCUT2D eigenvalue weighted by Gasteiger charge is 2.19. The molecule has 1 heterocycles. The molecule has 1 aromatic carbocycles. The number of hydrogen-bond acceptors (Lipinski definition) is 1. The van der Waals surface area contributed by atoms with Crippen molar-refractivity contribution in [2.45, 2.75) is 31.1 Å². The molecule has 94 valence electrons. The predicted molar refractivity (Wildman–Crippen MR) is 80.1 cm³/mol. The van der Waals surface area contributed by atoms with E-state index in [-0.39, 0.29) is 5.38 Å². The summed E-state index contributed by atoms with van der Waals surface area (Å²) >= 11 is 14.4. The van der Waals surface area contributed by atoms with Crippen LogP contribution in [0.5, 0.6) is 0 Å². The monoisotopic (exact) mass is 296 g/mol. The lowest BCUT2D eigenvalue weighted by Gasteiger charge is -2.07. The van der Waals surface area contributed by atoms with Gasteiger partial charge in [0.15, 0.2) is 0 Å². The van der Waals surface area contributed by atoms with Gasteiger partial charge in [0.05, 0.1) is 5.38 Å². The Hall–Kier alpha value is -0.500. The fraction of sp³-hybridized carbons (Fsp3) is 0.333. The van der Waals surface area contributed by atoms with Gasteiger partial charge in [0.2, 0.25) is 0 Å². The molecule has 3 heteroatoms. The van der Waals surface area contributed by atoms with Gasteiger partial charge in [0.1, 0.15) is 0 Å². The third-order valence-corrected chi connectivity index (χ3v) is 5.48. The van der Waals surface area contributed by atoms with Crippen LogP contribution >= 0.6 is 34.5 Å². The number of fused-ring (bicyclic) bond motifs is 1. The number of thiophene rings is 1. The zero-order chi connectivity index (χ0) is 12.5. The quantitative estimate of drug-likeness (QED) is 0.664. The summed E-state index contributed by atoms with van der Waals surface area (Å²) < 4.78 is 0. The van der Waals surface area contributed by atoms with E-state index in [9.17, 15) is 0 Å². The lowest BCUT2D eigenvalue weighted by atomic mass is 10.1. The van der Waals surface area contributed by atoms with Gasteiger partial charge in [-0.2, -0.15) is 0 Å². The second-order valence-corrected chi connectivity index (χ2v) is 6.88. The maximum atomic E-state index is 6.53. The molecule has 1 unspecified atom stereocenters. The Balaban J connectivity index is 1.76. The van der Waals surface area contributed by atoms with E-state index < -0.39 is 0 Å². The van der Waals surface area contributed by atoms with Crippen molar-refractivity contribution in [1.82, 2.24) is 0 Å². The number of benzene rings is 1. The number of aryl methyl sites for hydroxylation is 2. The molecule has 0 radical (unpaired) electrons. The number of hydrogen-bond donors (Lipinski definition) is 0. The van der Waals surface area contributed by atoms with Crippen molar-refractivity contribution in [3.05, 3.63) is 56.2 Å². The van der Waals surface area contributed by atoms with E-state index in [1.165, 1.54) is 35.3 Å². The summed E-state index contributed by atoms with van der Waals surface area (Å²) in [5, 5.41) is 0.851. The molecular weight excluding hydrogens is 283 g/mol. The minimum absolute atomic E-state index is 0.0686. The summed E-state index contributed by atoms with van der Waals surface area (Å²) in [5.74, 6) is 0. The van der Waals surface area contributed by atoms with Crippen LogP contribution in [0, 0.1) is 0 Å². The van der Waals surface area contributed by atoms with Gasteiger partial charge in [0, 0.05) is 14.8 Å². The average molecular weight is 297 g/mol. The van der Waals surface area contributed by atoms with Crippen LogP contribution in [-0.2, 0) is 19.3 Å². The lowest BCUT2D eigenvalue weighted by Crippen LogP contribution is -1.93.